The Morgan fingerprint density at radius 1 is 1.17 bits per heavy atom. The van der Waals surface area contributed by atoms with Crippen molar-refractivity contribution in [1.29, 1.82) is 0 Å². The number of nitrogens with one attached hydrogen (secondary N) is 1. The number of sulfonamides is 1. The summed E-state index contributed by atoms with van der Waals surface area (Å²) in [5, 5.41) is 3.20. The van der Waals surface area contributed by atoms with Crippen molar-refractivity contribution in [2.45, 2.75) is 75.3 Å². The van der Waals surface area contributed by atoms with E-state index in [0.717, 1.165) is 24.8 Å². The van der Waals surface area contributed by atoms with Gasteiger partial charge in [0.15, 0.2) is 0 Å². The highest BCUT2D eigenvalue weighted by Crippen LogP contribution is 2.21. The number of carbonyl (C=O) groups is 1. The van der Waals surface area contributed by atoms with Gasteiger partial charge >= 0.3 is 0 Å². The Bertz CT molecular complexity index is 929. The van der Waals surface area contributed by atoms with Gasteiger partial charge in [-0.25, -0.2) is 17.7 Å². The molecule has 1 aliphatic carbocycles. The van der Waals surface area contributed by atoms with E-state index >= 15 is 0 Å². The Labute approximate surface area is 173 Å². The van der Waals surface area contributed by atoms with Crippen molar-refractivity contribution in [3.63, 3.8) is 0 Å². The van der Waals surface area contributed by atoms with Crippen LogP contribution in [0.1, 0.15) is 57.8 Å². The van der Waals surface area contributed by atoms with Gasteiger partial charge in [-0.1, -0.05) is 32.1 Å². The van der Waals surface area contributed by atoms with Gasteiger partial charge in [0.2, 0.25) is 15.9 Å². The minimum Gasteiger partial charge on any atom is -0.353 e. The van der Waals surface area contributed by atoms with Gasteiger partial charge in [-0.3, -0.25) is 4.79 Å². The van der Waals surface area contributed by atoms with Crippen LogP contribution in [0, 0.1) is 0 Å². The fraction of sp³-hybridized carbons (Fsp3) is 0.619. The molecule has 1 aromatic carbocycles. The highest BCUT2D eigenvalue weighted by Gasteiger charge is 2.18. The maximum atomic E-state index is 12.3. The van der Waals surface area contributed by atoms with Gasteiger partial charge in [0.05, 0.1) is 22.3 Å². The van der Waals surface area contributed by atoms with Crippen LogP contribution in [0.3, 0.4) is 0 Å². The standard InChI is InChI=1S/C21H32N4O3S/c1-24(2)29(27,28)18-12-13-20-19(15-18)22-16-25(20)14-8-11-21(26)23-17-9-6-4-3-5-7-10-17/h12-13,15-17H,3-11,14H2,1-2H3,(H,23,26). The second kappa shape index (κ2) is 9.71. The van der Waals surface area contributed by atoms with E-state index in [9.17, 15) is 13.2 Å². The largest absolute Gasteiger partial charge is 0.353 e. The van der Waals surface area contributed by atoms with Crippen LogP contribution in [0.15, 0.2) is 29.4 Å². The van der Waals surface area contributed by atoms with E-state index in [0.29, 0.717) is 24.5 Å². The molecule has 0 saturated heterocycles. The first-order valence-electron chi connectivity index (χ1n) is 10.5. The molecule has 0 aliphatic heterocycles. The molecular weight excluding hydrogens is 388 g/mol. The van der Waals surface area contributed by atoms with Crippen molar-refractivity contribution in [2.24, 2.45) is 0 Å². The number of hydrogen-bond donors (Lipinski definition) is 1. The number of aromatic nitrogens is 2. The first kappa shape index (κ1) is 21.8. The van der Waals surface area contributed by atoms with Gasteiger partial charge < -0.3 is 9.88 Å². The fourth-order valence-electron chi connectivity index (χ4n) is 3.90. The molecule has 0 bridgehead atoms. The number of hydrogen-bond acceptors (Lipinski definition) is 4. The number of fused-ring (bicyclic) bond motifs is 1. The molecule has 2 aromatic rings. The second-order valence-corrected chi connectivity index (χ2v) is 10.2. The zero-order chi connectivity index (χ0) is 20.9. The van der Waals surface area contributed by atoms with E-state index in [-0.39, 0.29) is 10.8 Å². The average molecular weight is 421 g/mol. The summed E-state index contributed by atoms with van der Waals surface area (Å²) in [4.78, 5) is 16.9. The molecule has 1 aliphatic rings. The van der Waals surface area contributed by atoms with Gasteiger partial charge in [0.25, 0.3) is 0 Å². The summed E-state index contributed by atoms with van der Waals surface area (Å²) in [5.74, 6) is 0.124. The molecule has 1 heterocycles. The summed E-state index contributed by atoms with van der Waals surface area (Å²) in [6.45, 7) is 0.675. The predicted molar refractivity (Wildman–Crippen MR) is 114 cm³/mol. The number of carbonyl (C=O) groups excluding carboxylic acids is 1. The molecule has 0 radical (unpaired) electrons. The third-order valence-electron chi connectivity index (χ3n) is 5.64. The third kappa shape index (κ3) is 5.57. The van der Waals surface area contributed by atoms with Crippen molar-refractivity contribution < 1.29 is 13.2 Å². The number of rotatable bonds is 7. The first-order chi connectivity index (χ1) is 13.9. The normalized spacial score (nSPS) is 16.7. The minimum absolute atomic E-state index is 0.124. The number of nitrogens with zero attached hydrogens (tertiary/aromatic N) is 3. The summed E-state index contributed by atoms with van der Waals surface area (Å²) in [7, 11) is -0.448. The summed E-state index contributed by atoms with van der Waals surface area (Å²) in [5.41, 5.74) is 1.52. The molecule has 7 nitrogen and oxygen atoms in total. The zero-order valence-corrected chi connectivity index (χ0v) is 18.2. The Kier molecular flexibility index (Phi) is 7.29. The van der Waals surface area contributed by atoms with Crippen LogP contribution >= 0.6 is 0 Å². The topological polar surface area (TPSA) is 84.3 Å². The third-order valence-corrected chi connectivity index (χ3v) is 7.46. The SMILES string of the molecule is CN(C)S(=O)(=O)c1ccc2c(c1)ncn2CCCC(=O)NC1CCCCCCC1. The predicted octanol–water partition coefficient (Wildman–Crippen LogP) is 3.30. The number of aryl methyl sites for hydroxylation is 1. The fourth-order valence-corrected chi connectivity index (χ4v) is 4.83. The van der Waals surface area contributed by atoms with Gasteiger partial charge in [-0.15, -0.1) is 0 Å². The summed E-state index contributed by atoms with van der Waals surface area (Å²) < 4.78 is 27.7. The lowest BCUT2D eigenvalue weighted by molar-refractivity contribution is -0.122. The van der Waals surface area contributed by atoms with Crippen LogP contribution in [-0.4, -0.2) is 48.3 Å². The van der Waals surface area contributed by atoms with Gasteiger partial charge in [0.1, 0.15) is 0 Å². The molecule has 1 aromatic heterocycles. The maximum absolute atomic E-state index is 12.3. The van der Waals surface area contributed by atoms with Crippen molar-refractivity contribution in [1.82, 2.24) is 19.2 Å². The lowest BCUT2D eigenvalue weighted by Crippen LogP contribution is -2.35. The average Bonchev–Trinajstić information content (AvgIpc) is 3.06. The zero-order valence-electron chi connectivity index (χ0n) is 17.4. The Morgan fingerprint density at radius 3 is 2.55 bits per heavy atom. The summed E-state index contributed by atoms with van der Waals surface area (Å²) in [6.07, 6.45) is 11.4. The van der Waals surface area contributed by atoms with Crippen LogP contribution in [0.5, 0.6) is 0 Å². The van der Waals surface area contributed by atoms with Crippen LogP contribution in [0.25, 0.3) is 11.0 Å². The van der Waals surface area contributed by atoms with Crippen LogP contribution in [0.2, 0.25) is 0 Å². The number of amides is 1. The molecule has 1 N–H and O–H groups in total. The Balaban J connectivity index is 1.55. The molecule has 3 rings (SSSR count). The molecule has 0 spiro atoms. The van der Waals surface area contributed by atoms with Gasteiger partial charge in [-0.05, 0) is 37.5 Å². The summed E-state index contributed by atoms with van der Waals surface area (Å²) in [6, 6.07) is 5.32. The Morgan fingerprint density at radius 2 is 1.86 bits per heavy atom. The van der Waals surface area contributed by atoms with E-state index in [2.05, 4.69) is 10.3 Å². The molecule has 1 saturated carbocycles. The van der Waals surface area contributed by atoms with Crippen LogP contribution in [-0.2, 0) is 21.4 Å². The molecule has 0 atom stereocenters. The van der Waals surface area contributed by atoms with Crippen LogP contribution in [0.4, 0.5) is 0 Å². The van der Waals surface area contributed by atoms with Crippen molar-refractivity contribution in [3.05, 3.63) is 24.5 Å². The molecule has 160 valence electrons. The van der Waals surface area contributed by atoms with Crippen molar-refractivity contribution in [2.75, 3.05) is 14.1 Å². The highest BCUT2D eigenvalue weighted by molar-refractivity contribution is 7.89. The quantitative estimate of drug-likeness (QED) is 0.745. The molecule has 1 fully saturated rings. The van der Waals surface area contributed by atoms with Gasteiger partial charge in [0, 0.05) is 33.1 Å². The number of benzene rings is 1. The molecule has 1 amide bonds. The minimum atomic E-state index is -3.48. The first-order valence-corrected chi connectivity index (χ1v) is 12.0. The molecular formula is C21H32N4O3S. The van der Waals surface area contributed by atoms with E-state index in [1.807, 2.05) is 4.57 Å². The molecule has 8 heteroatoms. The van der Waals surface area contributed by atoms with E-state index in [4.69, 9.17) is 0 Å². The lowest BCUT2D eigenvalue weighted by atomic mass is 9.96. The summed E-state index contributed by atoms with van der Waals surface area (Å²) >= 11 is 0. The number of imidazole rings is 1. The van der Waals surface area contributed by atoms with Crippen molar-refractivity contribution >= 4 is 27.0 Å². The Hall–Kier alpha value is -1.93. The van der Waals surface area contributed by atoms with E-state index in [1.165, 1.54) is 50.5 Å². The monoisotopic (exact) mass is 420 g/mol. The van der Waals surface area contributed by atoms with Crippen molar-refractivity contribution in [3.8, 4) is 0 Å². The molecule has 0 unspecified atom stereocenters. The lowest BCUT2D eigenvalue weighted by Gasteiger charge is -2.21. The maximum Gasteiger partial charge on any atom is 0.242 e. The highest BCUT2D eigenvalue weighted by atomic mass is 32.2. The van der Waals surface area contributed by atoms with Gasteiger partial charge in [-0.2, -0.15) is 0 Å². The smallest absolute Gasteiger partial charge is 0.242 e. The molecule has 29 heavy (non-hydrogen) atoms. The van der Waals surface area contributed by atoms with E-state index < -0.39 is 10.0 Å². The van der Waals surface area contributed by atoms with Crippen LogP contribution < -0.4 is 5.32 Å². The van der Waals surface area contributed by atoms with E-state index in [1.54, 1.807) is 24.5 Å². The second-order valence-electron chi connectivity index (χ2n) is 8.09.